The standard InChI is InChI=1S/2Ca.2Fe.2Mg.3O3Si.8H/c;;;;;;3*1-4(2)3;;;;;;;;/q;;2*+3;;;3*-2;;;;;;;;. The van der Waals surface area contributed by atoms with Gasteiger partial charge in [-0.15, -0.1) is 0 Å². The van der Waals surface area contributed by atoms with Crippen molar-refractivity contribution in [3.63, 3.8) is 0 Å². The predicted molar refractivity (Wildman–Crippen MR) is 53.5 cm³/mol. The van der Waals surface area contributed by atoms with Crippen LogP contribution in [0, 0.1) is 0 Å². The molecule has 18 heavy (non-hydrogen) atoms. The Morgan fingerprint density at radius 1 is 0.500 bits per heavy atom. The third-order valence-corrected chi connectivity index (χ3v) is 0. The second kappa shape index (κ2) is 49.7. The average Bonchev–Trinajstić information content (AvgIpc) is 1.54. The first-order valence-corrected chi connectivity index (χ1v) is 5.51. The van der Waals surface area contributed by atoms with Gasteiger partial charge in [-0.3, -0.25) is 0 Å². The van der Waals surface area contributed by atoms with E-state index < -0.39 is 27.5 Å². The molecule has 0 atom stereocenters. The topological polar surface area (TPSA) is 190 Å². The maximum atomic E-state index is 8.52. The molecule has 0 amide bonds. The SMILES string of the molecule is O=[Si]([O-])[O-].O=[Si]([O-])[O-].O=[Si]([O-])[O-].[CaH2].[CaH2].[Fe+3].[Fe+3].[MgH2].[MgH2]. The molecule has 18 heteroatoms. The van der Waals surface area contributed by atoms with Crippen molar-refractivity contribution in [2.75, 3.05) is 0 Å². The zero-order valence-corrected chi connectivity index (χ0v) is 11.1. The Labute approximate surface area is 220 Å². The molecule has 0 aliphatic carbocycles. The van der Waals surface area contributed by atoms with Gasteiger partial charge in [0, 0.05) is 27.5 Å². The molecule has 0 aliphatic heterocycles. The summed E-state index contributed by atoms with van der Waals surface area (Å²) in [7, 11) is -10.9. The first kappa shape index (κ1) is 57.5. The molecule has 98 valence electrons. The van der Waals surface area contributed by atoms with E-state index in [0.717, 1.165) is 0 Å². The van der Waals surface area contributed by atoms with E-state index in [1.807, 2.05) is 0 Å². The van der Waals surface area contributed by atoms with Crippen molar-refractivity contribution in [1.82, 2.24) is 0 Å². The van der Waals surface area contributed by atoms with E-state index >= 15 is 0 Å². The predicted octanol–water partition coefficient (Wildman–Crippen LogP) is -12.3. The maximum absolute atomic E-state index is 8.52. The molecule has 9 nitrogen and oxygen atoms in total. The summed E-state index contributed by atoms with van der Waals surface area (Å²) in [6.45, 7) is 0. The van der Waals surface area contributed by atoms with Crippen LogP contribution in [0.2, 0.25) is 0 Å². The third-order valence-electron chi connectivity index (χ3n) is 0. The van der Waals surface area contributed by atoms with E-state index in [4.69, 9.17) is 42.2 Å². The zero-order valence-electron chi connectivity index (χ0n) is 5.88. The summed E-state index contributed by atoms with van der Waals surface area (Å²) in [4.78, 5) is 51.1. The average molecular weight is 477 g/mol. The molecular formula is H8Ca2Fe2Mg2O9Si3. The van der Waals surface area contributed by atoms with Crippen molar-refractivity contribution in [3.8, 4) is 0 Å². The van der Waals surface area contributed by atoms with Crippen molar-refractivity contribution in [2.24, 2.45) is 0 Å². The van der Waals surface area contributed by atoms with Gasteiger partial charge in [-0.2, -0.15) is 0 Å². The summed E-state index contributed by atoms with van der Waals surface area (Å²) in [6, 6.07) is 0. The van der Waals surface area contributed by atoms with E-state index in [9.17, 15) is 0 Å². The van der Waals surface area contributed by atoms with Crippen molar-refractivity contribution in [3.05, 3.63) is 0 Å². The van der Waals surface area contributed by atoms with Crippen LogP contribution in [-0.2, 0) is 47.5 Å². The minimum atomic E-state index is -3.63. The van der Waals surface area contributed by atoms with Crippen LogP contribution < -0.4 is 28.8 Å². The molecule has 0 aromatic carbocycles. The Morgan fingerprint density at radius 3 is 0.500 bits per heavy atom. The summed E-state index contributed by atoms with van der Waals surface area (Å²) in [6.07, 6.45) is 0. The van der Waals surface area contributed by atoms with Gasteiger partial charge in [-0.05, 0) is 0 Å². The molecule has 0 fully saturated rings. The number of hydrogen-bond donors (Lipinski definition) is 0. The van der Waals surface area contributed by atoms with Crippen LogP contribution in [0.5, 0.6) is 0 Å². The van der Waals surface area contributed by atoms with Crippen LogP contribution >= 0.6 is 0 Å². The summed E-state index contributed by atoms with van der Waals surface area (Å²) < 4.78 is 25.6. The van der Waals surface area contributed by atoms with E-state index in [1.54, 1.807) is 0 Å². The van der Waals surface area contributed by atoms with Gasteiger partial charge in [0.15, 0.2) is 0 Å². The number of rotatable bonds is 0. The normalized spacial score (nSPS) is 4.00. The molecule has 0 aromatic heterocycles. The summed E-state index contributed by atoms with van der Waals surface area (Å²) in [5.41, 5.74) is 0. The van der Waals surface area contributed by atoms with Crippen molar-refractivity contribution in [1.29, 1.82) is 0 Å². The molecule has 0 spiro atoms. The van der Waals surface area contributed by atoms with Crippen LogP contribution in [0.25, 0.3) is 0 Å². The Morgan fingerprint density at radius 2 is 0.500 bits per heavy atom. The Bertz CT molecular complexity index is 133. The smallest absolute Gasteiger partial charge is 0.316 e. The fourth-order valence-corrected chi connectivity index (χ4v) is 0. The molecule has 0 heterocycles. The fourth-order valence-electron chi connectivity index (χ4n) is 0. The van der Waals surface area contributed by atoms with E-state index in [0.29, 0.717) is 0 Å². The summed E-state index contributed by atoms with van der Waals surface area (Å²) in [5, 5.41) is 0. The second-order valence-electron chi connectivity index (χ2n) is 0.750. The van der Waals surface area contributed by atoms with Gasteiger partial charge in [0.2, 0.25) is 0 Å². The Hall–Kier alpha value is 3.94. The van der Waals surface area contributed by atoms with Crippen molar-refractivity contribution in [2.45, 2.75) is 0 Å². The molecule has 0 N–H and O–H groups in total. The van der Waals surface area contributed by atoms with Crippen molar-refractivity contribution >= 4 is 149 Å². The summed E-state index contributed by atoms with van der Waals surface area (Å²) in [5.74, 6) is 0. The molecule has 0 rings (SSSR count). The van der Waals surface area contributed by atoms with Gasteiger partial charge in [-0.25, -0.2) is 0 Å². The molecule has 0 unspecified atom stereocenters. The monoisotopic (exact) mass is 476 g/mol. The fraction of sp³-hybridized carbons (Fsp3) is 0. The maximum Gasteiger partial charge on any atom is 3.00 e. The van der Waals surface area contributed by atoms with Crippen LogP contribution in [0.4, 0.5) is 0 Å². The van der Waals surface area contributed by atoms with Gasteiger partial charge < -0.3 is 42.2 Å². The Kier molecular flexibility index (Phi) is 159. The molecule has 0 aliphatic rings. The van der Waals surface area contributed by atoms with E-state index in [-0.39, 0.29) is 156 Å². The second-order valence-corrected chi connectivity index (χ2v) is 2.25. The number of hydrogen-bond acceptors (Lipinski definition) is 9. The van der Waals surface area contributed by atoms with E-state index in [2.05, 4.69) is 0 Å². The van der Waals surface area contributed by atoms with Gasteiger partial charge >= 0.3 is 156 Å². The molecule has 2 radical (unpaired) electrons. The molecule has 0 aromatic rings. The Balaban J connectivity index is -0.00000000827. The van der Waals surface area contributed by atoms with E-state index in [1.165, 1.54) is 0 Å². The van der Waals surface area contributed by atoms with Gasteiger partial charge in [0.1, 0.15) is 0 Å². The molecule has 0 saturated heterocycles. The zero-order chi connectivity index (χ0) is 10.7. The van der Waals surface area contributed by atoms with Gasteiger partial charge in [0.05, 0.1) is 0 Å². The molecule has 0 saturated carbocycles. The van der Waals surface area contributed by atoms with Gasteiger partial charge in [0.25, 0.3) is 0 Å². The minimum absolute atomic E-state index is 0. The van der Waals surface area contributed by atoms with Crippen LogP contribution in [0.1, 0.15) is 0 Å². The van der Waals surface area contributed by atoms with Crippen LogP contribution in [0.3, 0.4) is 0 Å². The minimum Gasteiger partial charge on any atom is 0.316 e. The molecular weight excluding hydrogens is 469 g/mol. The quantitative estimate of drug-likeness (QED) is 0.305. The first-order chi connectivity index (χ1) is 5.20. The third kappa shape index (κ3) is 461. The summed E-state index contributed by atoms with van der Waals surface area (Å²) >= 11 is 0. The first-order valence-electron chi connectivity index (χ1n) is 1.84. The van der Waals surface area contributed by atoms with Crippen LogP contribution in [-0.4, -0.2) is 149 Å². The van der Waals surface area contributed by atoms with Crippen molar-refractivity contribution < 1.29 is 76.3 Å². The van der Waals surface area contributed by atoms with Crippen LogP contribution in [0.15, 0.2) is 0 Å². The van der Waals surface area contributed by atoms with Gasteiger partial charge in [-0.1, -0.05) is 0 Å². The largest absolute Gasteiger partial charge is 3.00 e. The molecule has 0 bridgehead atoms.